The first-order valence-electron chi connectivity index (χ1n) is 9.96. The molecule has 3 aromatic rings. The molecule has 0 bridgehead atoms. The van der Waals surface area contributed by atoms with Gasteiger partial charge in [0, 0.05) is 31.9 Å². The van der Waals surface area contributed by atoms with Gasteiger partial charge in [-0.25, -0.2) is 4.68 Å². The highest BCUT2D eigenvalue weighted by molar-refractivity contribution is 5.98. The lowest BCUT2D eigenvalue weighted by molar-refractivity contribution is -0.129. The summed E-state index contributed by atoms with van der Waals surface area (Å²) in [5.41, 5.74) is 2.64. The van der Waals surface area contributed by atoms with Gasteiger partial charge in [-0.3, -0.25) is 4.79 Å². The van der Waals surface area contributed by atoms with E-state index in [2.05, 4.69) is 51.6 Å². The molecule has 0 aliphatic carbocycles. The number of fused-ring (bicyclic) bond motifs is 2. The minimum atomic E-state index is -0.313. The van der Waals surface area contributed by atoms with Crippen molar-refractivity contribution < 1.29 is 4.79 Å². The Morgan fingerprint density at radius 3 is 2.66 bits per heavy atom. The number of piperazine rings is 1. The number of carbonyl (C=O) groups is 1. The van der Waals surface area contributed by atoms with Gasteiger partial charge in [-0.15, -0.1) is 0 Å². The molecule has 2 aliphatic rings. The van der Waals surface area contributed by atoms with Crippen molar-refractivity contribution in [1.82, 2.24) is 24.6 Å². The van der Waals surface area contributed by atoms with Gasteiger partial charge in [0.05, 0.1) is 5.57 Å². The number of anilines is 1. The van der Waals surface area contributed by atoms with E-state index in [1.165, 1.54) is 6.33 Å². The molecule has 0 saturated carbocycles. The van der Waals surface area contributed by atoms with Crippen LogP contribution in [0.2, 0.25) is 0 Å². The van der Waals surface area contributed by atoms with E-state index < -0.39 is 0 Å². The zero-order chi connectivity index (χ0) is 20.0. The molecule has 0 radical (unpaired) electrons. The van der Waals surface area contributed by atoms with Gasteiger partial charge >= 0.3 is 0 Å². The standard InChI is InChI=1S/C22H24N6O/c1-15-19(21(29)27-12-10-26(2)11-13-27)20(28-22(25-15)23-14-24-28)18-9-5-7-16-6-3-4-8-17(16)18/h3-9,14,20H,10-13H2,1-2H3,(H,23,24,25)/t20-/m1/s1. The predicted molar refractivity (Wildman–Crippen MR) is 113 cm³/mol. The van der Waals surface area contributed by atoms with Crippen molar-refractivity contribution >= 4 is 22.6 Å². The van der Waals surface area contributed by atoms with Gasteiger partial charge in [-0.2, -0.15) is 10.1 Å². The molecule has 2 aromatic carbocycles. The molecule has 0 spiro atoms. The fourth-order valence-electron chi connectivity index (χ4n) is 4.32. The zero-order valence-corrected chi connectivity index (χ0v) is 16.7. The van der Waals surface area contributed by atoms with E-state index in [0.29, 0.717) is 5.95 Å². The van der Waals surface area contributed by atoms with E-state index in [0.717, 1.165) is 53.8 Å². The van der Waals surface area contributed by atoms with Gasteiger partial charge < -0.3 is 15.1 Å². The van der Waals surface area contributed by atoms with Gasteiger partial charge in [0.25, 0.3) is 5.91 Å². The van der Waals surface area contributed by atoms with E-state index in [4.69, 9.17) is 0 Å². The molecule has 148 valence electrons. The number of hydrogen-bond acceptors (Lipinski definition) is 5. The zero-order valence-electron chi connectivity index (χ0n) is 16.7. The molecular formula is C22H24N6O. The second-order valence-corrected chi connectivity index (χ2v) is 7.76. The molecule has 1 aromatic heterocycles. The summed E-state index contributed by atoms with van der Waals surface area (Å²) in [4.78, 5) is 22.2. The number of carbonyl (C=O) groups excluding carboxylic acids is 1. The average molecular weight is 388 g/mol. The maximum Gasteiger partial charge on any atom is 0.254 e. The first-order chi connectivity index (χ1) is 14.1. The molecule has 3 heterocycles. The summed E-state index contributed by atoms with van der Waals surface area (Å²) < 4.78 is 1.83. The quantitative estimate of drug-likeness (QED) is 0.731. The van der Waals surface area contributed by atoms with Crippen LogP contribution in [0.3, 0.4) is 0 Å². The van der Waals surface area contributed by atoms with E-state index >= 15 is 0 Å². The normalized spacial score (nSPS) is 19.9. The summed E-state index contributed by atoms with van der Waals surface area (Å²) in [6.07, 6.45) is 1.54. The molecule has 1 atom stereocenters. The summed E-state index contributed by atoms with van der Waals surface area (Å²) >= 11 is 0. The van der Waals surface area contributed by atoms with E-state index in [1.54, 1.807) is 0 Å². The van der Waals surface area contributed by atoms with E-state index in [9.17, 15) is 4.79 Å². The van der Waals surface area contributed by atoms with Crippen LogP contribution in [0.25, 0.3) is 10.8 Å². The molecule has 0 unspecified atom stereocenters. The Kier molecular flexibility index (Phi) is 4.32. The predicted octanol–water partition coefficient (Wildman–Crippen LogP) is 2.49. The van der Waals surface area contributed by atoms with Crippen LogP contribution in [0.15, 0.2) is 60.1 Å². The summed E-state index contributed by atoms with van der Waals surface area (Å²) in [7, 11) is 2.09. The van der Waals surface area contributed by atoms with Gasteiger partial charge in [0.2, 0.25) is 5.95 Å². The number of hydrogen-bond donors (Lipinski definition) is 1. The summed E-state index contributed by atoms with van der Waals surface area (Å²) in [6, 6.07) is 14.2. The van der Waals surface area contributed by atoms with Crippen LogP contribution in [0.4, 0.5) is 5.95 Å². The van der Waals surface area contributed by atoms with Gasteiger partial charge in [0.1, 0.15) is 12.4 Å². The number of likely N-dealkylation sites (N-methyl/N-ethyl adjacent to an activating group) is 1. The van der Waals surface area contributed by atoms with Crippen LogP contribution >= 0.6 is 0 Å². The van der Waals surface area contributed by atoms with Crippen molar-refractivity contribution in [1.29, 1.82) is 0 Å². The van der Waals surface area contributed by atoms with Crippen LogP contribution in [-0.4, -0.2) is 63.7 Å². The highest BCUT2D eigenvalue weighted by atomic mass is 16.2. The second-order valence-electron chi connectivity index (χ2n) is 7.76. The Morgan fingerprint density at radius 2 is 1.83 bits per heavy atom. The fraction of sp³-hybridized carbons (Fsp3) is 0.318. The van der Waals surface area contributed by atoms with Crippen molar-refractivity contribution in [2.45, 2.75) is 13.0 Å². The summed E-state index contributed by atoms with van der Waals surface area (Å²) in [6.45, 7) is 5.20. The third-order valence-electron chi connectivity index (χ3n) is 5.93. The molecule has 1 saturated heterocycles. The molecule has 1 fully saturated rings. The van der Waals surface area contributed by atoms with Crippen molar-refractivity contribution in [3.8, 4) is 0 Å². The lowest BCUT2D eigenvalue weighted by Gasteiger charge is -2.36. The minimum absolute atomic E-state index is 0.0715. The molecule has 1 amide bonds. The Hall–Kier alpha value is -3.19. The highest BCUT2D eigenvalue weighted by Gasteiger charge is 2.36. The van der Waals surface area contributed by atoms with Crippen LogP contribution < -0.4 is 5.32 Å². The van der Waals surface area contributed by atoms with E-state index in [1.807, 2.05) is 34.7 Å². The largest absolute Gasteiger partial charge is 0.336 e. The smallest absolute Gasteiger partial charge is 0.254 e. The third-order valence-corrected chi connectivity index (χ3v) is 5.93. The van der Waals surface area contributed by atoms with Crippen molar-refractivity contribution in [2.75, 3.05) is 38.5 Å². The van der Waals surface area contributed by atoms with Gasteiger partial charge in [-0.1, -0.05) is 42.5 Å². The van der Waals surface area contributed by atoms with E-state index in [-0.39, 0.29) is 11.9 Å². The maximum atomic E-state index is 13.7. The SMILES string of the molecule is CC1=C(C(=O)N2CCN(C)CC2)[C@@H](c2cccc3ccccc23)n2ncnc2N1. The van der Waals surface area contributed by atoms with Gasteiger partial charge in [-0.05, 0) is 30.3 Å². The molecule has 1 N–H and O–H groups in total. The second kappa shape index (κ2) is 7.00. The Morgan fingerprint density at radius 1 is 1.07 bits per heavy atom. The first-order valence-corrected chi connectivity index (χ1v) is 9.96. The molecule has 29 heavy (non-hydrogen) atoms. The monoisotopic (exact) mass is 388 g/mol. The summed E-state index contributed by atoms with van der Waals surface area (Å²) in [5, 5.41) is 10.0. The number of amides is 1. The Labute approximate surface area is 169 Å². The molecule has 2 aliphatic heterocycles. The maximum absolute atomic E-state index is 13.7. The molecule has 7 heteroatoms. The van der Waals surface area contributed by atoms with Crippen molar-refractivity contribution in [3.05, 3.63) is 65.6 Å². The molecular weight excluding hydrogens is 364 g/mol. The number of benzene rings is 2. The van der Waals surface area contributed by atoms with Crippen LogP contribution in [0, 0.1) is 0 Å². The van der Waals surface area contributed by atoms with Crippen molar-refractivity contribution in [2.24, 2.45) is 0 Å². The number of aromatic nitrogens is 3. The minimum Gasteiger partial charge on any atom is -0.336 e. The van der Waals surface area contributed by atoms with Crippen LogP contribution in [-0.2, 0) is 4.79 Å². The molecule has 7 nitrogen and oxygen atoms in total. The lowest BCUT2D eigenvalue weighted by atomic mass is 9.90. The average Bonchev–Trinajstić information content (AvgIpc) is 3.20. The first kappa shape index (κ1) is 17.9. The Balaban J connectivity index is 1.65. The lowest BCUT2D eigenvalue weighted by Crippen LogP contribution is -2.49. The number of rotatable bonds is 2. The Bertz CT molecular complexity index is 1100. The number of nitrogens with zero attached hydrogens (tertiary/aromatic N) is 5. The fourth-order valence-corrected chi connectivity index (χ4v) is 4.32. The summed E-state index contributed by atoms with van der Waals surface area (Å²) in [5.74, 6) is 0.734. The number of allylic oxidation sites excluding steroid dienone is 1. The molecule has 5 rings (SSSR count). The highest BCUT2D eigenvalue weighted by Crippen LogP contribution is 2.38. The third kappa shape index (κ3) is 2.98. The van der Waals surface area contributed by atoms with Crippen LogP contribution in [0.5, 0.6) is 0 Å². The topological polar surface area (TPSA) is 66.3 Å². The van der Waals surface area contributed by atoms with Gasteiger partial charge in [0.15, 0.2) is 0 Å². The van der Waals surface area contributed by atoms with Crippen LogP contribution in [0.1, 0.15) is 18.5 Å². The van der Waals surface area contributed by atoms with Crippen molar-refractivity contribution in [3.63, 3.8) is 0 Å². The number of nitrogens with one attached hydrogen (secondary N) is 1.